The second-order valence-corrected chi connectivity index (χ2v) is 7.60. The van der Waals surface area contributed by atoms with E-state index in [4.69, 9.17) is 5.73 Å². The summed E-state index contributed by atoms with van der Waals surface area (Å²) in [5, 5.41) is 11.6. The van der Waals surface area contributed by atoms with Crippen LogP contribution in [0.25, 0.3) is 0 Å². The summed E-state index contributed by atoms with van der Waals surface area (Å²) in [5.74, 6) is -1.00. The number of hydrazine groups is 1. The monoisotopic (exact) mass is 407 g/mol. The Morgan fingerprint density at radius 3 is 2.00 bits per heavy atom. The van der Waals surface area contributed by atoms with E-state index < -0.39 is 11.4 Å². The smallest absolute Gasteiger partial charge is 0.354 e. The van der Waals surface area contributed by atoms with Crippen LogP contribution in [-0.4, -0.2) is 11.1 Å². The number of aliphatic carboxylic acids is 1. The third-order valence-electron chi connectivity index (χ3n) is 5.76. The second-order valence-electron chi connectivity index (χ2n) is 7.60. The Labute approximate surface area is 180 Å². The number of carboxylic acid groups (broad SMARTS) is 1. The first-order valence-electron chi connectivity index (χ1n) is 10.0. The molecule has 0 radical (unpaired) electrons. The molecule has 0 unspecified atom stereocenters. The lowest BCUT2D eigenvalue weighted by Gasteiger charge is -2.34. The van der Waals surface area contributed by atoms with Crippen molar-refractivity contribution in [1.29, 1.82) is 0 Å². The molecule has 3 aromatic carbocycles. The lowest BCUT2D eigenvalue weighted by Crippen LogP contribution is -2.35. The molecule has 1 aliphatic carbocycles. The molecule has 0 fully saturated rings. The van der Waals surface area contributed by atoms with Crippen molar-refractivity contribution in [3.8, 4) is 0 Å². The maximum atomic E-state index is 12.0. The van der Waals surface area contributed by atoms with Gasteiger partial charge in [-0.3, -0.25) is 10.4 Å². The highest BCUT2D eigenvalue weighted by molar-refractivity contribution is 5.92. The summed E-state index contributed by atoms with van der Waals surface area (Å²) in [5.41, 5.74) is 13.6. The van der Waals surface area contributed by atoms with Gasteiger partial charge in [0.2, 0.25) is 0 Å². The van der Waals surface area contributed by atoms with Crippen LogP contribution in [0.1, 0.15) is 11.1 Å². The van der Waals surface area contributed by atoms with E-state index in [1.165, 1.54) is 0 Å². The SMILES string of the molecule is Nc1ccc(N2NC(C(=O)O)=C3C=CC(c4ccccc4)(c4ccccc4)C=C32)cc1. The maximum absolute atomic E-state index is 12.0. The van der Waals surface area contributed by atoms with Crippen molar-refractivity contribution < 1.29 is 9.90 Å². The Morgan fingerprint density at radius 2 is 1.45 bits per heavy atom. The fourth-order valence-corrected chi connectivity index (χ4v) is 4.21. The van der Waals surface area contributed by atoms with Crippen molar-refractivity contribution in [1.82, 2.24) is 5.43 Å². The third-order valence-corrected chi connectivity index (χ3v) is 5.76. The molecule has 0 spiro atoms. The van der Waals surface area contributed by atoms with Crippen LogP contribution in [0.4, 0.5) is 11.4 Å². The van der Waals surface area contributed by atoms with Gasteiger partial charge in [-0.15, -0.1) is 0 Å². The van der Waals surface area contributed by atoms with Crippen molar-refractivity contribution in [2.45, 2.75) is 5.41 Å². The lowest BCUT2D eigenvalue weighted by molar-refractivity contribution is -0.133. The van der Waals surface area contributed by atoms with Crippen LogP contribution in [0.2, 0.25) is 0 Å². The number of nitrogens with two attached hydrogens (primary N) is 1. The average Bonchev–Trinajstić information content (AvgIpc) is 3.19. The number of carboxylic acids is 1. The molecule has 152 valence electrons. The molecule has 3 aromatic rings. The van der Waals surface area contributed by atoms with E-state index in [-0.39, 0.29) is 5.70 Å². The van der Waals surface area contributed by atoms with Gasteiger partial charge >= 0.3 is 5.97 Å². The fourth-order valence-electron chi connectivity index (χ4n) is 4.21. The summed E-state index contributed by atoms with van der Waals surface area (Å²) >= 11 is 0. The number of hydrogen-bond acceptors (Lipinski definition) is 4. The van der Waals surface area contributed by atoms with E-state index in [1.807, 2.05) is 59.6 Å². The molecule has 1 heterocycles. The number of nitrogens with zero attached hydrogens (tertiary/aromatic N) is 1. The normalized spacial score (nSPS) is 16.5. The van der Waals surface area contributed by atoms with Crippen molar-refractivity contribution in [3.63, 3.8) is 0 Å². The highest BCUT2D eigenvalue weighted by Gasteiger charge is 2.39. The summed E-state index contributed by atoms with van der Waals surface area (Å²) in [6, 6.07) is 27.8. The average molecular weight is 407 g/mol. The van der Waals surface area contributed by atoms with Crippen LogP contribution >= 0.6 is 0 Å². The zero-order valence-corrected chi connectivity index (χ0v) is 16.7. The predicted octanol–water partition coefficient (Wildman–Crippen LogP) is 4.37. The second kappa shape index (κ2) is 7.22. The number of benzene rings is 3. The predicted molar refractivity (Wildman–Crippen MR) is 122 cm³/mol. The van der Waals surface area contributed by atoms with Crippen LogP contribution in [0.3, 0.4) is 0 Å². The van der Waals surface area contributed by atoms with Gasteiger partial charge in [-0.1, -0.05) is 72.8 Å². The summed E-state index contributed by atoms with van der Waals surface area (Å²) in [6.45, 7) is 0. The number of anilines is 2. The Morgan fingerprint density at radius 1 is 0.871 bits per heavy atom. The number of rotatable bonds is 4. The zero-order valence-electron chi connectivity index (χ0n) is 16.7. The minimum Gasteiger partial charge on any atom is -0.477 e. The molecule has 0 aromatic heterocycles. The van der Waals surface area contributed by atoms with Crippen LogP contribution in [-0.2, 0) is 10.2 Å². The quantitative estimate of drug-likeness (QED) is 0.560. The van der Waals surface area contributed by atoms with Crippen LogP contribution in [0.15, 0.2) is 120 Å². The summed E-state index contributed by atoms with van der Waals surface area (Å²) < 4.78 is 0. The Bertz CT molecular complexity index is 1190. The number of hydrogen-bond donors (Lipinski definition) is 3. The van der Waals surface area contributed by atoms with E-state index >= 15 is 0 Å². The topological polar surface area (TPSA) is 78.6 Å². The first-order chi connectivity index (χ1) is 15.1. The van der Waals surface area contributed by atoms with Gasteiger partial charge in [0.1, 0.15) is 5.70 Å². The largest absolute Gasteiger partial charge is 0.477 e. The molecule has 31 heavy (non-hydrogen) atoms. The maximum Gasteiger partial charge on any atom is 0.354 e. The number of nitrogen functional groups attached to an aromatic ring is 1. The summed E-state index contributed by atoms with van der Waals surface area (Å²) in [4.78, 5) is 12.0. The fraction of sp³-hybridized carbons (Fsp3) is 0.0385. The van der Waals surface area contributed by atoms with Gasteiger partial charge in [0.15, 0.2) is 0 Å². The highest BCUT2D eigenvalue weighted by atomic mass is 16.4. The first-order valence-corrected chi connectivity index (χ1v) is 10.0. The molecule has 2 aliphatic rings. The van der Waals surface area contributed by atoms with E-state index in [9.17, 15) is 9.90 Å². The molecule has 0 amide bonds. The molecule has 4 N–H and O–H groups in total. The Hall–Kier alpha value is -4.25. The molecular weight excluding hydrogens is 386 g/mol. The molecule has 0 saturated heterocycles. The summed E-state index contributed by atoms with van der Waals surface area (Å²) in [7, 11) is 0. The molecule has 0 bridgehead atoms. The number of nitrogens with one attached hydrogen (secondary N) is 1. The van der Waals surface area contributed by atoms with Crippen molar-refractivity contribution in [2.75, 3.05) is 10.7 Å². The van der Waals surface area contributed by atoms with Crippen molar-refractivity contribution in [2.24, 2.45) is 0 Å². The lowest BCUT2D eigenvalue weighted by atomic mass is 9.71. The molecular formula is C26H21N3O2. The van der Waals surface area contributed by atoms with Gasteiger partial charge in [0, 0.05) is 11.3 Å². The molecule has 1 aliphatic heterocycles. The van der Waals surface area contributed by atoms with Crippen molar-refractivity contribution >= 4 is 17.3 Å². The van der Waals surface area contributed by atoms with E-state index in [0.29, 0.717) is 11.3 Å². The first kappa shape index (κ1) is 18.8. The van der Waals surface area contributed by atoms with Crippen molar-refractivity contribution in [3.05, 3.63) is 131 Å². The van der Waals surface area contributed by atoms with E-state index in [2.05, 4.69) is 41.8 Å². The van der Waals surface area contributed by atoms with Gasteiger partial charge in [-0.2, -0.15) is 0 Å². The minimum atomic E-state index is -1.00. The van der Waals surface area contributed by atoms with Gasteiger partial charge < -0.3 is 10.8 Å². The molecule has 5 rings (SSSR count). The number of carbonyl (C=O) groups is 1. The third kappa shape index (κ3) is 3.07. The number of fused-ring (bicyclic) bond motifs is 1. The van der Waals surface area contributed by atoms with Gasteiger partial charge in [-0.05, 0) is 41.5 Å². The van der Waals surface area contributed by atoms with E-state index in [0.717, 1.165) is 22.5 Å². The zero-order chi connectivity index (χ0) is 21.4. The standard InChI is InChI=1S/C26H21N3O2/c27-20-11-13-21(14-12-20)29-23-17-26(18-7-3-1-4-8-18,19-9-5-2-6-10-19)16-15-22(23)24(28-29)25(30)31/h1-17,28H,27H2,(H,30,31). The van der Waals surface area contributed by atoms with Gasteiger partial charge in [0.05, 0.1) is 16.8 Å². The molecule has 5 nitrogen and oxygen atoms in total. The van der Waals surface area contributed by atoms with Gasteiger partial charge in [-0.25, -0.2) is 4.79 Å². The van der Waals surface area contributed by atoms with Crippen LogP contribution in [0.5, 0.6) is 0 Å². The Kier molecular flexibility index (Phi) is 4.37. The van der Waals surface area contributed by atoms with Gasteiger partial charge in [0.25, 0.3) is 0 Å². The molecule has 0 atom stereocenters. The summed E-state index contributed by atoms with van der Waals surface area (Å²) in [6.07, 6.45) is 6.11. The molecule has 0 saturated carbocycles. The molecule has 5 heteroatoms. The highest BCUT2D eigenvalue weighted by Crippen LogP contribution is 2.44. The minimum absolute atomic E-state index is 0.147. The van der Waals surface area contributed by atoms with Crippen LogP contribution in [0, 0.1) is 0 Å². The van der Waals surface area contributed by atoms with Crippen LogP contribution < -0.4 is 16.2 Å². The Balaban J connectivity index is 1.74. The van der Waals surface area contributed by atoms with E-state index in [1.54, 1.807) is 12.1 Å². The number of allylic oxidation sites excluding steroid dienone is 3.